The first kappa shape index (κ1) is 23.7. The van der Waals surface area contributed by atoms with Crippen LogP contribution in [-0.2, 0) is 16.1 Å². The van der Waals surface area contributed by atoms with E-state index in [9.17, 15) is 9.18 Å². The molecule has 1 saturated carbocycles. The second-order valence-electron chi connectivity index (χ2n) is 9.68. The second kappa shape index (κ2) is 9.97. The standard InChI is InChI=1S/C20H30BFN2O2.C3H8/c1-13-10-20(11-13,19(2,3)4)18(25)24-7-5-6-23-15-8-14-12-26-21-17(14)16(22)9-15;1-3-2/h8-9,13,21,23H,5-7,10-12H2,1-4H3,(H,24,25);3H2,1-2H3. The number of hydrogen-bond donors (Lipinski definition) is 2. The van der Waals surface area contributed by atoms with E-state index in [4.69, 9.17) is 4.65 Å². The fraction of sp³-hybridized carbons (Fsp3) is 0.696. The van der Waals surface area contributed by atoms with E-state index in [2.05, 4.69) is 52.2 Å². The van der Waals surface area contributed by atoms with Gasteiger partial charge in [-0.1, -0.05) is 48.0 Å². The van der Waals surface area contributed by atoms with Crippen LogP contribution in [0.4, 0.5) is 10.1 Å². The van der Waals surface area contributed by atoms with Crippen molar-refractivity contribution in [1.29, 1.82) is 0 Å². The molecule has 6 heteroatoms. The van der Waals surface area contributed by atoms with Gasteiger partial charge in [-0.2, -0.15) is 0 Å². The molecule has 1 fully saturated rings. The molecule has 0 bridgehead atoms. The summed E-state index contributed by atoms with van der Waals surface area (Å²) in [6.45, 7) is 14.7. The van der Waals surface area contributed by atoms with E-state index in [-0.39, 0.29) is 22.6 Å². The third-order valence-electron chi connectivity index (χ3n) is 6.02. The second-order valence-corrected chi connectivity index (χ2v) is 9.68. The Morgan fingerprint density at radius 1 is 1.28 bits per heavy atom. The molecule has 1 aliphatic carbocycles. The largest absolute Gasteiger partial charge is 0.430 e. The van der Waals surface area contributed by atoms with Crippen molar-refractivity contribution < 1.29 is 13.8 Å². The maximum absolute atomic E-state index is 14.0. The van der Waals surface area contributed by atoms with Crippen LogP contribution in [0.3, 0.4) is 0 Å². The number of halogens is 1. The molecule has 0 aromatic heterocycles. The summed E-state index contributed by atoms with van der Waals surface area (Å²) in [6, 6.07) is 3.48. The van der Waals surface area contributed by atoms with Crippen molar-refractivity contribution in [3.8, 4) is 0 Å². The number of nitrogens with one attached hydrogen (secondary N) is 2. The third-order valence-corrected chi connectivity index (χ3v) is 6.02. The first-order chi connectivity index (χ1) is 13.6. The molecule has 0 spiro atoms. The van der Waals surface area contributed by atoms with Crippen molar-refractivity contribution in [3.05, 3.63) is 23.5 Å². The highest BCUT2D eigenvalue weighted by Crippen LogP contribution is 2.56. The molecule has 0 radical (unpaired) electrons. The average Bonchev–Trinajstić information content (AvgIpc) is 3.07. The highest BCUT2D eigenvalue weighted by molar-refractivity contribution is 6.49. The van der Waals surface area contributed by atoms with Crippen LogP contribution in [0.5, 0.6) is 0 Å². The molecule has 1 aliphatic heterocycles. The van der Waals surface area contributed by atoms with Gasteiger partial charge in [-0.15, -0.1) is 0 Å². The van der Waals surface area contributed by atoms with Gasteiger partial charge in [0.05, 0.1) is 12.0 Å². The molecular formula is C23H38BFN2O2. The van der Waals surface area contributed by atoms with Crippen LogP contribution in [-0.4, -0.2) is 26.5 Å². The summed E-state index contributed by atoms with van der Waals surface area (Å²) in [6.07, 6.45) is 3.99. The van der Waals surface area contributed by atoms with Gasteiger partial charge in [-0.3, -0.25) is 4.79 Å². The predicted molar refractivity (Wildman–Crippen MR) is 120 cm³/mol. The molecular weight excluding hydrogens is 366 g/mol. The quantitative estimate of drug-likeness (QED) is 0.554. The fourth-order valence-corrected chi connectivity index (χ4v) is 4.31. The zero-order valence-corrected chi connectivity index (χ0v) is 19.1. The summed E-state index contributed by atoms with van der Waals surface area (Å²) in [5, 5.41) is 6.36. The molecule has 0 saturated heterocycles. The average molecular weight is 404 g/mol. The SMILES string of the molecule is CC1CC(C(=O)NCCCNc2cc(F)c3c(c2)COB3)(C(C)(C)C)C1.CCC. The lowest BCUT2D eigenvalue weighted by molar-refractivity contribution is -0.151. The van der Waals surface area contributed by atoms with E-state index in [0.29, 0.717) is 38.6 Å². The number of amides is 1. The van der Waals surface area contributed by atoms with Crippen molar-refractivity contribution in [2.75, 3.05) is 18.4 Å². The molecule has 1 aromatic carbocycles. The Bertz CT molecular complexity index is 697. The van der Waals surface area contributed by atoms with E-state index in [1.165, 1.54) is 12.5 Å². The summed E-state index contributed by atoms with van der Waals surface area (Å²) in [5.41, 5.74) is 2.11. The molecule has 1 heterocycles. The summed E-state index contributed by atoms with van der Waals surface area (Å²) >= 11 is 0. The predicted octanol–water partition coefficient (Wildman–Crippen LogP) is 4.13. The molecule has 1 amide bonds. The summed E-state index contributed by atoms with van der Waals surface area (Å²) in [5.74, 6) is 0.603. The molecule has 4 nitrogen and oxygen atoms in total. The fourth-order valence-electron chi connectivity index (χ4n) is 4.31. The zero-order valence-electron chi connectivity index (χ0n) is 19.1. The van der Waals surface area contributed by atoms with Gasteiger partial charge in [-0.25, -0.2) is 4.39 Å². The van der Waals surface area contributed by atoms with E-state index >= 15 is 0 Å². The van der Waals surface area contributed by atoms with E-state index < -0.39 is 0 Å². The van der Waals surface area contributed by atoms with E-state index in [1.807, 2.05) is 6.07 Å². The van der Waals surface area contributed by atoms with Crippen LogP contribution < -0.4 is 16.1 Å². The smallest absolute Gasteiger partial charge is 0.312 e. The normalized spacial score (nSPS) is 22.5. The zero-order chi connectivity index (χ0) is 21.7. The van der Waals surface area contributed by atoms with E-state index in [1.54, 1.807) is 0 Å². The molecule has 2 aliphatic rings. The minimum absolute atomic E-state index is 0.0220. The summed E-state index contributed by atoms with van der Waals surface area (Å²) in [4.78, 5) is 12.8. The van der Waals surface area contributed by atoms with E-state index in [0.717, 1.165) is 30.5 Å². The summed E-state index contributed by atoms with van der Waals surface area (Å²) < 4.78 is 19.3. The Balaban J connectivity index is 0.000000941. The summed E-state index contributed by atoms with van der Waals surface area (Å²) in [7, 11) is 0.363. The van der Waals surface area contributed by atoms with Gasteiger partial charge in [0.25, 0.3) is 0 Å². The van der Waals surface area contributed by atoms with Crippen molar-refractivity contribution in [2.24, 2.45) is 16.7 Å². The van der Waals surface area contributed by atoms with Gasteiger partial charge in [0.1, 0.15) is 5.82 Å². The molecule has 0 unspecified atom stereocenters. The van der Waals surface area contributed by atoms with Crippen LogP contribution >= 0.6 is 0 Å². The Labute approximate surface area is 176 Å². The van der Waals surface area contributed by atoms with Gasteiger partial charge < -0.3 is 15.3 Å². The van der Waals surface area contributed by atoms with Crippen LogP contribution in [0.15, 0.2) is 12.1 Å². The third kappa shape index (κ3) is 5.53. The number of benzene rings is 1. The van der Waals surface area contributed by atoms with Crippen molar-refractivity contribution in [2.45, 2.75) is 73.8 Å². The number of rotatable bonds is 6. The van der Waals surface area contributed by atoms with Crippen LogP contribution in [0.1, 0.15) is 72.8 Å². The molecule has 1 aromatic rings. The van der Waals surface area contributed by atoms with Gasteiger partial charge in [0.2, 0.25) is 5.91 Å². The monoisotopic (exact) mass is 404 g/mol. The number of hydrogen-bond acceptors (Lipinski definition) is 3. The lowest BCUT2D eigenvalue weighted by Gasteiger charge is -2.53. The highest BCUT2D eigenvalue weighted by atomic mass is 19.1. The van der Waals surface area contributed by atoms with Crippen LogP contribution in [0.2, 0.25) is 0 Å². The topological polar surface area (TPSA) is 50.4 Å². The molecule has 3 rings (SSSR count). The lowest BCUT2D eigenvalue weighted by Crippen LogP contribution is -2.56. The minimum atomic E-state index is -0.233. The number of carbonyl (C=O) groups is 1. The maximum Gasteiger partial charge on any atom is 0.312 e. The van der Waals surface area contributed by atoms with Gasteiger partial charge >= 0.3 is 7.48 Å². The maximum atomic E-state index is 14.0. The Hall–Kier alpha value is -1.56. The highest BCUT2D eigenvalue weighted by Gasteiger charge is 2.55. The van der Waals surface area contributed by atoms with Crippen molar-refractivity contribution >= 4 is 24.5 Å². The van der Waals surface area contributed by atoms with Crippen molar-refractivity contribution in [1.82, 2.24) is 5.32 Å². The first-order valence-electron chi connectivity index (χ1n) is 11.1. The number of fused-ring (bicyclic) bond motifs is 1. The minimum Gasteiger partial charge on any atom is -0.430 e. The van der Waals surface area contributed by atoms with Crippen molar-refractivity contribution in [3.63, 3.8) is 0 Å². The Morgan fingerprint density at radius 2 is 1.93 bits per heavy atom. The Morgan fingerprint density at radius 3 is 2.52 bits per heavy atom. The van der Waals surface area contributed by atoms with Crippen LogP contribution in [0.25, 0.3) is 0 Å². The van der Waals surface area contributed by atoms with Gasteiger partial charge in [0.15, 0.2) is 0 Å². The molecule has 162 valence electrons. The molecule has 2 N–H and O–H groups in total. The van der Waals surface area contributed by atoms with Gasteiger partial charge in [0, 0.05) is 18.8 Å². The first-order valence-corrected chi connectivity index (χ1v) is 11.1. The lowest BCUT2D eigenvalue weighted by atomic mass is 9.51. The number of carbonyl (C=O) groups excluding carboxylic acids is 1. The number of anilines is 1. The molecule has 29 heavy (non-hydrogen) atoms. The van der Waals surface area contributed by atoms with Gasteiger partial charge in [-0.05, 0) is 53.8 Å². The van der Waals surface area contributed by atoms with Crippen LogP contribution in [0, 0.1) is 22.6 Å². The molecule has 0 atom stereocenters. The Kier molecular flexibility index (Phi) is 8.15.